The van der Waals surface area contributed by atoms with E-state index in [1.165, 1.54) is 6.07 Å². The average Bonchev–Trinajstić information content (AvgIpc) is 2.96. The van der Waals surface area contributed by atoms with Crippen LogP contribution in [0.25, 0.3) is 0 Å². The quantitative estimate of drug-likeness (QED) is 0.935. The van der Waals surface area contributed by atoms with Crippen molar-refractivity contribution in [3.63, 3.8) is 0 Å². The zero-order valence-electron chi connectivity index (χ0n) is 11.3. The van der Waals surface area contributed by atoms with Gasteiger partial charge in [0.05, 0.1) is 5.69 Å². The molecule has 2 aromatic rings. The molecular formula is C15H14FN5. The number of halogens is 1. The summed E-state index contributed by atoms with van der Waals surface area (Å²) in [5.74, 6) is 0.113. The second kappa shape index (κ2) is 5.75. The van der Waals surface area contributed by atoms with Gasteiger partial charge in [-0.25, -0.2) is 14.4 Å². The molecule has 0 saturated carbocycles. The van der Waals surface area contributed by atoms with Gasteiger partial charge in [-0.3, -0.25) is 0 Å². The van der Waals surface area contributed by atoms with E-state index < -0.39 is 5.82 Å². The number of aromatic nitrogens is 2. The van der Waals surface area contributed by atoms with E-state index in [9.17, 15) is 4.39 Å². The summed E-state index contributed by atoms with van der Waals surface area (Å²) < 4.78 is 13.7. The number of hydrogen-bond acceptors (Lipinski definition) is 5. The lowest BCUT2D eigenvalue weighted by Crippen LogP contribution is -2.27. The van der Waals surface area contributed by atoms with E-state index >= 15 is 0 Å². The monoisotopic (exact) mass is 283 g/mol. The number of nitrogens with zero attached hydrogens (tertiary/aromatic N) is 4. The highest BCUT2D eigenvalue weighted by Gasteiger charge is 2.25. The molecular weight excluding hydrogens is 269 g/mol. The van der Waals surface area contributed by atoms with Crippen molar-refractivity contribution in [2.75, 3.05) is 23.3 Å². The van der Waals surface area contributed by atoms with Crippen LogP contribution in [0.3, 0.4) is 0 Å². The van der Waals surface area contributed by atoms with Crippen LogP contribution in [0.1, 0.15) is 12.0 Å². The number of nitrogens with one attached hydrogen (secondary N) is 1. The van der Waals surface area contributed by atoms with Crippen LogP contribution in [0.4, 0.5) is 16.0 Å². The number of benzene rings is 1. The van der Waals surface area contributed by atoms with Crippen LogP contribution in [0.15, 0.2) is 36.7 Å². The summed E-state index contributed by atoms with van der Waals surface area (Å²) in [6.45, 7) is 1.46. The first-order valence-corrected chi connectivity index (χ1v) is 6.75. The van der Waals surface area contributed by atoms with E-state index in [0.29, 0.717) is 18.2 Å². The van der Waals surface area contributed by atoms with Gasteiger partial charge < -0.3 is 10.2 Å². The van der Waals surface area contributed by atoms with Gasteiger partial charge in [0.15, 0.2) is 0 Å². The largest absolute Gasteiger partial charge is 0.368 e. The Morgan fingerprint density at radius 2 is 2.10 bits per heavy atom. The summed E-state index contributed by atoms with van der Waals surface area (Å²) in [4.78, 5) is 10.3. The minimum atomic E-state index is -0.474. The van der Waals surface area contributed by atoms with Gasteiger partial charge in [-0.05, 0) is 24.6 Å². The minimum Gasteiger partial charge on any atom is -0.368 e. The molecule has 0 bridgehead atoms. The number of anilines is 2. The molecule has 2 heterocycles. The van der Waals surface area contributed by atoms with Gasteiger partial charge >= 0.3 is 0 Å². The van der Waals surface area contributed by atoms with Gasteiger partial charge in [0.1, 0.15) is 17.4 Å². The van der Waals surface area contributed by atoms with E-state index in [0.717, 1.165) is 13.0 Å². The molecule has 106 valence electrons. The smallest absolute Gasteiger partial charge is 0.222 e. The Balaban J connectivity index is 1.73. The average molecular weight is 283 g/mol. The normalized spacial score (nSPS) is 17.5. The maximum atomic E-state index is 13.7. The van der Waals surface area contributed by atoms with Crippen molar-refractivity contribution >= 4 is 11.6 Å². The Kier molecular flexibility index (Phi) is 3.65. The van der Waals surface area contributed by atoms with Crippen LogP contribution in [-0.2, 0) is 0 Å². The van der Waals surface area contributed by atoms with E-state index in [1.807, 2.05) is 11.0 Å². The Morgan fingerprint density at radius 1 is 1.29 bits per heavy atom. The van der Waals surface area contributed by atoms with E-state index in [-0.39, 0.29) is 11.6 Å². The van der Waals surface area contributed by atoms with E-state index in [4.69, 9.17) is 5.26 Å². The van der Waals surface area contributed by atoms with Crippen molar-refractivity contribution in [2.24, 2.45) is 0 Å². The first kappa shape index (κ1) is 13.3. The molecule has 1 unspecified atom stereocenters. The molecule has 0 spiro atoms. The summed E-state index contributed by atoms with van der Waals surface area (Å²) in [7, 11) is 0. The Morgan fingerprint density at radius 3 is 2.86 bits per heavy atom. The predicted octanol–water partition coefficient (Wildman–Crippen LogP) is 2.18. The fourth-order valence-electron chi connectivity index (χ4n) is 2.54. The zero-order chi connectivity index (χ0) is 14.7. The van der Waals surface area contributed by atoms with Crippen molar-refractivity contribution in [2.45, 2.75) is 12.5 Å². The zero-order valence-corrected chi connectivity index (χ0v) is 11.3. The number of hydrogen-bond donors (Lipinski definition) is 1. The topological polar surface area (TPSA) is 64.8 Å². The fourth-order valence-corrected chi connectivity index (χ4v) is 2.54. The van der Waals surface area contributed by atoms with E-state index in [1.54, 1.807) is 30.6 Å². The van der Waals surface area contributed by atoms with Crippen molar-refractivity contribution < 1.29 is 4.39 Å². The molecule has 1 saturated heterocycles. The van der Waals surface area contributed by atoms with Crippen LogP contribution in [0.2, 0.25) is 0 Å². The SMILES string of the molecule is N#Cc1c(F)cccc1N1CCC(Nc2ncccn2)C1. The summed E-state index contributed by atoms with van der Waals surface area (Å²) in [6, 6.07) is 8.61. The highest BCUT2D eigenvalue weighted by Crippen LogP contribution is 2.26. The van der Waals surface area contributed by atoms with E-state index in [2.05, 4.69) is 15.3 Å². The van der Waals surface area contributed by atoms with Crippen LogP contribution < -0.4 is 10.2 Å². The standard InChI is InChI=1S/C15H14FN5/c16-13-3-1-4-14(12(13)9-17)21-8-5-11(10-21)20-15-18-6-2-7-19-15/h1-4,6-7,11H,5,8,10H2,(H,18,19,20). The summed E-state index contributed by atoms with van der Waals surface area (Å²) in [6.07, 6.45) is 4.25. The first-order chi connectivity index (χ1) is 10.3. The molecule has 0 amide bonds. The van der Waals surface area contributed by atoms with Crippen molar-refractivity contribution in [1.29, 1.82) is 5.26 Å². The minimum absolute atomic E-state index is 0.106. The van der Waals surface area contributed by atoms with Crippen LogP contribution in [0, 0.1) is 17.1 Å². The van der Waals surface area contributed by atoms with Crippen molar-refractivity contribution in [3.8, 4) is 6.07 Å². The highest BCUT2D eigenvalue weighted by molar-refractivity contribution is 5.60. The molecule has 21 heavy (non-hydrogen) atoms. The molecule has 1 atom stereocenters. The lowest BCUT2D eigenvalue weighted by molar-refractivity contribution is 0.623. The molecule has 0 radical (unpaired) electrons. The molecule has 3 rings (SSSR count). The van der Waals surface area contributed by atoms with Crippen LogP contribution in [0.5, 0.6) is 0 Å². The number of nitriles is 1. The Bertz CT molecular complexity index is 668. The molecule has 1 aliphatic heterocycles. The molecule has 1 aromatic heterocycles. The highest BCUT2D eigenvalue weighted by atomic mass is 19.1. The Labute approximate surface area is 122 Å². The molecule has 1 N–H and O–H groups in total. The third-order valence-corrected chi connectivity index (χ3v) is 3.53. The summed E-state index contributed by atoms with van der Waals surface area (Å²) in [5, 5.41) is 12.4. The van der Waals surface area contributed by atoms with Crippen LogP contribution >= 0.6 is 0 Å². The molecule has 0 aliphatic carbocycles. The number of rotatable bonds is 3. The summed E-state index contributed by atoms with van der Waals surface area (Å²) in [5.41, 5.74) is 0.755. The third-order valence-electron chi connectivity index (χ3n) is 3.53. The van der Waals surface area contributed by atoms with Gasteiger partial charge in [0, 0.05) is 31.5 Å². The first-order valence-electron chi connectivity index (χ1n) is 6.75. The molecule has 1 fully saturated rings. The van der Waals surface area contributed by atoms with Gasteiger partial charge in [-0.15, -0.1) is 0 Å². The Hall–Kier alpha value is -2.68. The van der Waals surface area contributed by atoms with Gasteiger partial charge in [0.2, 0.25) is 5.95 Å². The van der Waals surface area contributed by atoms with Gasteiger partial charge in [-0.1, -0.05) is 6.07 Å². The van der Waals surface area contributed by atoms with Crippen molar-refractivity contribution in [1.82, 2.24) is 9.97 Å². The lowest BCUT2D eigenvalue weighted by atomic mass is 10.1. The maximum absolute atomic E-state index is 13.7. The van der Waals surface area contributed by atoms with Crippen molar-refractivity contribution in [3.05, 3.63) is 48.0 Å². The van der Waals surface area contributed by atoms with Crippen LogP contribution in [-0.4, -0.2) is 29.1 Å². The maximum Gasteiger partial charge on any atom is 0.222 e. The fraction of sp³-hybridized carbons (Fsp3) is 0.267. The molecule has 1 aromatic carbocycles. The predicted molar refractivity (Wildman–Crippen MR) is 77.4 cm³/mol. The van der Waals surface area contributed by atoms with Gasteiger partial charge in [0.25, 0.3) is 0 Å². The molecule has 6 heteroatoms. The second-order valence-corrected chi connectivity index (χ2v) is 4.89. The summed E-state index contributed by atoms with van der Waals surface area (Å²) >= 11 is 0. The molecule has 5 nitrogen and oxygen atoms in total. The third kappa shape index (κ3) is 2.77. The van der Waals surface area contributed by atoms with Gasteiger partial charge in [-0.2, -0.15) is 5.26 Å². The second-order valence-electron chi connectivity index (χ2n) is 4.89. The lowest BCUT2D eigenvalue weighted by Gasteiger charge is -2.20. The molecule has 1 aliphatic rings.